The van der Waals surface area contributed by atoms with Crippen LogP contribution in [-0.4, -0.2) is 31.4 Å². The van der Waals surface area contributed by atoms with Crippen LogP contribution in [0.2, 0.25) is 0 Å². The molecule has 0 unspecified atom stereocenters. The van der Waals surface area contributed by atoms with Crippen LogP contribution in [0.15, 0.2) is 56.8 Å². The molecule has 32 heavy (non-hydrogen) atoms. The van der Waals surface area contributed by atoms with Crippen molar-refractivity contribution in [1.82, 2.24) is 4.57 Å². The predicted molar refractivity (Wildman–Crippen MR) is 124 cm³/mol. The highest BCUT2D eigenvalue weighted by molar-refractivity contribution is 7.10. The van der Waals surface area contributed by atoms with Crippen LogP contribution < -0.4 is 24.4 Å². The van der Waals surface area contributed by atoms with Gasteiger partial charge in [-0.15, -0.1) is 11.3 Å². The van der Waals surface area contributed by atoms with Crippen molar-refractivity contribution in [3.63, 3.8) is 0 Å². The summed E-state index contributed by atoms with van der Waals surface area (Å²) in [7, 11) is 3.15. The third kappa shape index (κ3) is 3.89. The summed E-state index contributed by atoms with van der Waals surface area (Å²) in [6.45, 7) is 3.77. The number of fused-ring (bicyclic) bond motifs is 1. The van der Waals surface area contributed by atoms with Gasteiger partial charge in [-0.1, -0.05) is 17.4 Å². The summed E-state index contributed by atoms with van der Waals surface area (Å²) in [5.74, 6) is 0.791. The van der Waals surface area contributed by atoms with E-state index in [-0.39, 0.29) is 12.2 Å². The van der Waals surface area contributed by atoms with Gasteiger partial charge >= 0.3 is 5.97 Å². The van der Waals surface area contributed by atoms with E-state index in [1.165, 1.54) is 22.7 Å². The minimum atomic E-state index is -0.579. The molecule has 0 N–H and O–H groups in total. The van der Waals surface area contributed by atoms with E-state index in [2.05, 4.69) is 4.99 Å². The fraction of sp³-hybridized carbons (Fsp3) is 0.261. The Morgan fingerprint density at radius 1 is 1.25 bits per heavy atom. The van der Waals surface area contributed by atoms with Gasteiger partial charge in [0.05, 0.1) is 36.6 Å². The number of carbonyl (C=O) groups is 1. The zero-order valence-electron chi connectivity index (χ0n) is 18.1. The van der Waals surface area contributed by atoms with Crippen molar-refractivity contribution >= 4 is 34.7 Å². The minimum Gasteiger partial charge on any atom is -0.497 e. The lowest BCUT2D eigenvalue weighted by atomic mass is 10.0. The lowest BCUT2D eigenvalue weighted by molar-refractivity contribution is -0.139. The van der Waals surface area contributed by atoms with E-state index in [4.69, 9.17) is 14.2 Å². The Hall–Kier alpha value is -3.17. The number of hydrogen-bond acceptors (Lipinski definition) is 8. The van der Waals surface area contributed by atoms with Crippen LogP contribution in [0.25, 0.3) is 6.08 Å². The van der Waals surface area contributed by atoms with Crippen molar-refractivity contribution < 1.29 is 19.0 Å². The van der Waals surface area contributed by atoms with Crippen LogP contribution in [0.1, 0.15) is 30.3 Å². The Balaban J connectivity index is 1.92. The molecule has 9 heteroatoms. The van der Waals surface area contributed by atoms with Gasteiger partial charge in [0, 0.05) is 16.5 Å². The van der Waals surface area contributed by atoms with Gasteiger partial charge in [-0.05, 0) is 43.5 Å². The van der Waals surface area contributed by atoms with Gasteiger partial charge < -0.3 is 14.2 Å². The molecule has 7 nitrogen and oxygen atoms in total. The monoisotopic (exact) mass is 470 g/mol. The Morgan fingerprint density at radius 3 is 2.72 bits per heavy atom. The molecule has 0 aliphatic carbocycles. The summed E-state index contributed by atoms with van der Waals surface area (Å²) in [5, 5.41) is 1.92. The lowest BCUT2D eigenvalue weighted by Gasteiger charge is -2.23. The standard InChI is InChI=1S/C23H22N2O5S2/c1-5-30-22(27)19-13(2)24-23-25(20(19)17-7-6-10-31-17)21(26)18(32-23)11-14-8-9-15(28-3)12-16(14)29-4/h6-12,20H,5H2,1-4H3/b18-11+/t20-/m1/s1. The van der Waals surface area contributed by atoms with E-state index < -0.39 is 12.0 Å². The third-order valence-electron chi connectivity index (χ3n) is 5.06. The second-order valence-electron chi connectivity index (χ2n) is 6.93. The third-order valence-corrected chi connectivity index (χ3v) is 6.96. The number of methoxy groups -OCH3 is 2. The summed E-state index contributed by atoms with van der Waals surface area (Å²) in [6, 6.07) is 8.64. The maximum Gasteiger partial charge on any atom is 0.338 e. The quantitative estimate of drug-likeness (QED) is 0.518. The molecule has 2 aromatic heterocycles. The number of aromatic nitrogens is 1. The number of thiazole rings is 1. The van der Waals surface area contributed by atoms with Crippen molar-refractivity contribution in [3.8, 4) is 11.5 Å². The number of thiophene rings is 1. The van der Waals surface area contributed by atoms with Gasteiger partial charge in [-0.25, -0.2) is 9.79 Å². The van der Waals surface area contributed by atoms with Crippen molar-refractivity contribution in [2.75, 3.05) is 20.8 Å². The van der Waals surface area contributed by atoms with Crippen LogP contribution in [0.3, 0.4) is 0 Å². The molecule has 1 aromatic carbocycles. The van der Waals surface area contributed by atoms with Crippen molar-refractivity contribution in [2.24, 2.45) is 4.99 Å². The molecule has 0 radical (unpaired) electrons. The van der Waals surface area contributed by atoms with Gasteiger partial charge in [-0.3, -0.25) is 9.36 Å². The SMILES string of the molecule is CCOC(=O)C1=C(C)N=c2s/c(=C/c3ccc(OC)cc3OC)c(=O)n2[C@@H]1c1cccs1. The smallest absolute Gasteiger partial charge is 0.338 e. The van der Waals surface area contributed by atoms with Crippen molar-refractivity contribution in [1.29, 1.82) is 0 Å². The Bertz CT molecular complexity index is 1370. The number of hydrogen-bond donors (Lipinski definition) is 0. The summed E-state index contributed by atoms with van der Waals surface area (Å²) < 4.78 is 18.1. The van der Waals surface area contributed by atoms with Crippen LogP contribution in [0, 0.1) is 0 Å². The first kappa shape index (κ1) is 22.0. The molecule has 0 bridgehead atoms. The summed E-state index contributed by atoms with van der Waals surface area (Å²) in [5.41, 5.74) is 1.46. The van der Waals surface area contributed by atoms with Crippen LogP contribution in [-0.2, 0) is 9.53 Å². The molecule has 0 spiro atoms. The number of allylic oxidation sites excluding steroid dienone is 1. The van der Waals surface area contributed by atoms with E-state index in [0.29, 0.717) is 32.1 Å². The first-order valence-electron chi connectivity index (χ1n) is 9.93. The average Bonchev–Trinajstić information content (AvgIpc) is 3.42. The average molecular weight is 471 g/mol. The maximum absolute atomic E-state index is 13.5. The fourth-order valence-corrected chi connectivity index (χ4v) is 5.45. The first-order chi connectivity index (χ1) is 15.5. The van der Waals surface area contributed by atoms with Crippen LogP contribution >= 0.6 is 22.7 Å². The van der Waals surface area contributed by atoms with Crippen LogP contribution in [0.5, 0.6) is 11.5 Å². The Kier molecular flexibility index (Phi) is 6.29. The highest BCUT2D eigenvalue weighted by Crippen LogP contribution is 2.33. The summed E-state index contributed by atoms with van der Waals surface area (Å²) >= 11 is 2.76. The summed E-state index contributed by atoms with van der Waals surface area (Å²) in [6.07, 6.45) is 1.77. The highest BCUT2D eigenvalue weighted by atomic mass is 32.1. The van der Waals surface area contributed by atoms with Crippen molar-refractivity contribution in [2.45, 2.75) is 19.9 Å². The molecule has 1 atom stereocenters. The Morgan fingerprint density at radius 2 is 2.06 bits per heavy atom. The minimum absolute atomic E-state index is 0.223. The van der Waals surface area contributed by atoms with E-state index in [1.54, 1.807) is 44.8 Å². The predicted octanol–water partition coefficient (Wildman–Crippen LogP) is 2.88. The number of esters is 1. The van der Waals surface area contributed by atoms with Gasteiger partial charge in [0.2, 0.25) is 0 Å². The number of nitrogens with zero attached hydrogens (tertiary/aromatic N) is 2. The molecule has 0 saturated heterocycles. The fourth-order valence-electron chi connectivity index (χ4n) is 3.59. The largest absolute Gasteiger partial charge is 0.497 e. The number of rotatable bonds is 6. The van der Waals surface area contributed by atoms with Gasteiger partial charge in [0.25, 0.3) is 5.56 Å². The zero-order valence-corrected chi connectivity index (χ0v) is 19.7. The normalized spacial score (nSPS) is 15.9. The topological polar surface area (TPSA) is 79.1 Å². The molecule has 3 heterocycles. The lowest BCUT2D eigenvalue weighted by Crippen LogP contribution is -2.39. The zero-order chi connectivity index (χ0) is 22.8. The van der Waals surface area contributed by atoms with Crippen molar-refractivity contribution in [3.05, 3.63) is 77.1 Å². The van der Waals surface area contributed by atoms with Gasteiger partial charge in [0.15, 0.2) is 4.80 Å². The maximum atomic E-state index is 13.5. The molecule has 0 fully saturated rings. The van der Waals surface area contributed by atoms with E-state index in [9.17, 15) is 9.59 Å². The number of ether oxygens (including phenoxy) is 3. The number of benzene rings is 1. The molecular weight excluding hydrogens is 448 g/mol. The van der Waals surface area contributed by atoms with Gasteiger partial charge in [-0.2, -0.15) is 0 Å². The van der Waals surface area contributed by atoms with E-state index in [0.717, 1.165) is 10.4 Å². The first-order valence-corrected chi connectivity index (χ1v) is 11.6. The molecule has 4 rings (SSSR count). The molecule has 3 aromatic rings. The molecule has 0 amide bonds. The second kappa shape index (κ2) is 9.13. The molecule has 1 aliphatic heterocycles. The van der Waals surface area contributed by atoms with E-state index in [1.807, 2.05) is 29.6 Å². The molecule has 1 aliphatic rings. The molecular formula is C23H22N2O5S2. The Labute approximate surface area is 192 Å². The van der Waals surface area contributed by atoms with E-state index >= 15 is 0 Å². The molecule has 166 valence electrons. The molecule has 0 saturated carbocycles. The second-order valence-corrected chi connectivity index (χ2v) is 8.91. The summed E-state index contributed by atoms with van der Waals surface area (Å²) in [4.78, 5) is 32.3. The van der Waals surface area contributed by atoms with Crippen LogP contribution in [0.4, 0.5) is 0 Å². The van der Waals surface area contributed by atoms with Gasteiger partial charge in [0.1, 0.15) is 17.5 Å². The highest BCUT2D eigenvalue weighted by Gasteiger charge is 2.33. The number of carbonyl (C=O) groups excluding carboxylic acids is 1.